The molecule has 0 atom stereocenters. The van der Waals surface area contributed by atoms with Crippen molar-refractivity contribution < 1.29 is 9.47 Å². The van der Waals surface area contributed by atoms with Crippen LogP contribution in [-0.2, 0) is 0 Å². The number of ether oxygens (including phenoxy) is 2. The maximum Gasteiger partial charge on any atom is 0.127 e. The minimum Gasteiger partial charge on any atom is -0.497 e. The molecule has 0 unspecified atom stereocenters. The first-order chi connectivity index (χ1) is 21.6. The van der Waals surface area contributed by atoms with Crippen LogP contribution in [0.1, 0.15) is 27.8 Å². The maximum absolute atomic E-state index is 6.21. The van der Waals surface area contributed by atoms with Gasteiger partial charge >= 0.3 is 0 Å². The van der Waals surface area contributed by atoms with Crippen LogP contribution in [0.2, 0.25) is 0 Å². The van der Waals surface area contributed by atoms with E-state index in [1.165, 1.54) is 5.56 Å². The summed E-state index contributed by atoms with van der Waals surface area (Å²) >= 11 is 0. The summed E-state index contributed by atoms with van der Waals surface area (Å²) in [5.74, 6) is 2.37. The van der Waals surface area contributed by atoms with Crippen LogP contribution < -0.4 is 9.47 Å². The largest absolute Gasteiger partial charge is 0.497 e. The fourth-order valence-corrected chi connectivity index (χ4v) is 5.37. The van der Waals surface area contributed by atoms with E-state index in [1.54, 1.807) is 7.11 Å². The number of aliphatic imine (C=N–C) groups is 2. The van der Waals surface area contributed by atoms with Crippen LogP contribution in [0.5, 0.6) is 17.2 Å². The van der Waals surface area contributed by atoms with Gasteiger partial charge in [0.05, 0.1) is 29.9 Å². The molecular formula is C40H30N2O2. The van der Waals surface area contributed by atoms with E-state index in [-0.39, 0.29) is 0 Å². The van der Waals surface area contributed by atoms with Crippen LogP contribution in [0, 0.1) is 6.92 Å². The van der Waals surface area contributed by atoms with Crippen LogP contribution in [0.25, 0.3) is 11.1 Å². The first-order valence-corrected chi connectivity index (χ1v) is 14.6. The molecule has 0 saturated carbocycles. The standard InChI is InChI=1S/C40H30N2O2/c1-27-11-13-30(14-12-27)39-35-7-3-5-9-37(35)42-40(36-8-4-6-10-38(36)41-39)31-19-25-34(26-20-31)44-33-23-17-29(18-24-33)28-15-21-32(43-2)22-16-28/h3-26H,1-2H3. The molecule has 0 N–H and O–H groups in total. The molecule has 0 amide bonds. The van der Waals surface area contributed by atoms with E-state index < -0.39 is 0 Å². The Balaban J connectivity index is 1.19. The maximum atomic E-state index is 6.21. The number of fused-ring (bicyclic) bond motifs is 2. The Labute approximate surface area is 257 Å². The van der Waals surface area contributed by atoms with Gasteiger partial charge in [0.15, 0.2) is 0 Å². The molecule has 6 aromatic rings. The number of nitrogens with zero attached hydrogens (tertiary/aromatic N) is 2. The molecule has 0 aromatic heterocycles. The van der Waals surface area contributed by atoms with E-state index in [2.05, 4.69) is 91.9 Å². The molecule has 0 aliphatic carbocycles. The zero-order valence-corrected chi connectivity index (χ0v) is 24.6. The van der Waals surface area contributed by atoms with Crippen molar-refractivity contribution in [1.29, 1.82) is 0 Å². The van der Waals surface area contributed by atoms with Gasteiger partial charge in [-0.2, -0.15) is 0 Å². The Bertz CT molecular complexity index is 1990. The third-order valence-electron chi connectivity index (χ3n) is 7.75. The monoisotopic (exact) mass is 570 g/mol. The molecule has 0 bridgehead atoms. The number of aryl methyl sites for hydroxylation is 1. The molecular weight excluding hydrogens is 540 g/mol. The number of hydrogen-bond donors (Lipinski definition) is 0. The van der Waals surface area contributed by atoms with E-state index in [4.69, 9.17) is 19.5 Å². The zero-order chi connectivity index (χ0) is 29.9. The summed E-state index contributed by atoms with van der Waals surface area (Å²) in [7, 11) is 1.67. The second-order valence-electron chi connectivity index (χ2n) is 10.7. The fourth-order valence-electron chi connectivity index (χ4n) is 5.37. The molecule has 0 spiro atoms. The van der Waals surface area contributed by atoms with Crippen LogP contribution >= 0.6 is 0 Å². The van der Waals surface area contributed by atoms with E-state index in [1.807, 2.05) is 60.7 Å². The van der Waals surface area contributed by atoms with Gasteiger partial charge in [0, 0.05) is 22.3 Å². The van der Waals surface area contributed by atoms with E-state index in [0.29, 0.717) is 0 Å². The zero-order valence-electron chi connectivity index (χ0n) is 24.6. The van der Waals surface area contributed by atoms with E-state index in [0.717, 1.165) is 73.4 Å². The fraction of sp³-hybridized carbons (Fsp3) is 0.0500. The third kappa shape index (κ3) is 5.53. The molecule has 1 heterocycles. The number of methoxy groups -OCH3 is 1. The van der Waals surface area contributed by atoms with Crippen LogP contribution in [0.3, 0.4) is 0 Å². The Morgan fingerprint density at radius 3 is 1.25 bits per heavy atom. The second kappa shape index (κ2) is 11.9. The topological polar surface area (TPSA) is 43.2 Å². The summed E-state index contributed by atoms with van der Waals surface area (Å²) in [5, 5.41) is 0. The van der Waals surface area contributed by atoms with Crippen LogP contribution in [0.15, 0.2) is 156 Å². The Hall–Kier alpha value is -5.74. The van der Waals surface area contributed by atoms with E-state index in [9.17, 15) is 0 Å². The molecule has 1 aliphatic heterocycles. The summed E-state index contributed by atoms with van der Waals surface area (Å²) in [4.78, 5) is 10.5. The number of hydrogen-bond acceptors (Lipinski definition) is 4. The minimum absolute atomic E-state index is 0.755. The van der Waals surface area contributed by atoms with Gasteiger partial charge in [0.25, 0.3) is 0 Å². The van der Waals surface area contributed by atoms with Crippen molar-refractivity contribution in [1.82, 2.24) is 0 Å². The van der Waals surface area contributed by atoms with Crippen molar-refractivity contribution in [2.45, 2.75) is 6.92 Å². The average Bonchev–Trinajstić information content (AvgIpc) is 3.07. The highest BCUT2D eigenvalue weighted by molar-refractivity contribution is 6.22. The minimum atomic E-state index is 0.755. The Morgan fingerprint density at radius 2 is 0.795 bits per heavy atom. The lowest BCUT2D eigenvalue weighted by molar-refractivity contribution is 0.415. The number of rotatable bonds is 6. The van der Waals surface area contributed by atoms with Gasteiger partial charge in [-0.1, -0.05) is 90.5 Å². The first kappa shape index (κ1) is 27.1. The van der Waals surface area contributed by atoms with Crippen LogP contribution in [-0.4, -0.2) is 18.5 Å². The summed E-state index contributed by atoms with van der Waals surface area (Å²) in [6.07, 6.45) is 0. The number of benzene rings is 6. The second-order valence-corrected chi connectivity index (χ2v) is 10.7. The summed E-state index contributed by atoms with van der Waals surface area (Å²) in [5.41, 5.74) is 11.0. The molecule has 212 valence electrons. The highest BCUT2D eigenvalue weighted by Crippen LogP contribution is 2.34. The van der Waals surface area contributed by atoms with Crippen molar-refractivity contribution in [3.05, 3.63) is 173 Å². The first-order valence-electron chi connectivity index (χ1n) is 14.6. The van der Waals surface area contributed by atoms with Gasteiger partial charge in [-0.15, -0.1) is 0 Å². The molecule has 0 saturated heterocycles. The molecule has 0 fully saturated rings. The molecule has 0 radical (unpaired) electrons. The molecule has 44 heavy (non-hydrogen) atoms. The van der Waals surface area contributed by atoms with Gasteiger partial charge in [-0.3, -0.25) is 0 Å². The molecule has 1 aliphatic rings. The summed E-state index contributed by atoms with van der Waals surface area (Å²) in [6, 6.07) is 49.2. The SMILES string of the molecule is COc1ccc(-c2ccc(Oc3ccc(C4=Nc5ccccc5C(c5ccc(C)cc5)=Nc5ccccc54)cc3)cc2)cc1. The summed E-state index contributed by atoms with van der Waals surface area (Å²) < 4.78 is 11.5. The predicted octanol–water partition coefficient (Wildman–Crippen LogP) is 10.1. The average molecular weight is 571 g/mol. The summed E-state index contributed by atoms with van der Waals surface area (Å²) in [6.45, 7) is 2.10. The molecule has 6 aromatic carbocycles. The number of para-hydroxylation sites is 2. The van der Waals surface area contributed by atoms with Crippen LogP contribution in [0.4, 0.5) is 11.4 Å². The highest BCUT2D eigenvalue weighted by Gasteiger charge is 2.20. The van der Waals surface area contributed by atoms with Crippen molar-refractivity contribution in [2.24, 2.45) is 9.98 Å². The lowest BCUT2D eigenvalue weighted by Crippen LogP contribution is -2.10. The van der Waals surface area contributed by atoms with Gasteiger partial charge in [0.1, 0.15) is 17.2 Å². The van der Waals surface area contributed by atoms with Crippen molar-refractivity contribution in [3.8, 4) is 28.4 Å². The normalized spacial score (nSPS) is 12.1. The van der Waals surface area contributed by atoms with Gasteiger partial charge < -0.3 is 9.47 Å². The van der Waals surface area contributed by atoms with Crippen molar-refractivity contribution in [3.63, 3.8) is 0 Å². The van der Waals surface area contributed by atoms with Gasteiger partial charge in [0.2, 0.25) is 0 Å². The molecule has 4 nitrogen and oxygen atoms in total. The smallest absolute Gasteiger partial charge is 0.127 e. The molecule has 7 rings (SSSR count). The van der Waals surface area contributed by atoms with Crippen molar-refractivity contribution in [2.75, 3.05) is 7.11 Å². The van der Waals surface area contributed by atoms with Gasteiger partial charge in [-0.05, 0) is 78.7 Å². The highest BCUT2D eigenvalue weighted by atomic mass is 16.5. The third-order valence-corrected chi connectivity index (χ3v) is 7.75. The van der Waals surface area contributed by atoms with Gasteiger partial charge in [-0.25, -0.2) is 9.98 Å². The lowest BCUT2D eigenvalue weighted by atomic mass is 9.95. The van der Waals surface area contributed by atoms with Crippen molar-refractivity contribution >= 4 is 22.8 Å². The lowest BCUT2D eigenvalue weighted by Gasteiger charge is -2.18. The predicted molar refractivity (Wildman–Crippen MR) is 180 cm³/mol. The van der Waals surface area contributed by atoms with E-state index >= 15 is 0 Å². The molecule has 4 heteroatoms. The quantitative estimate of drug-likeness (QED) is 0.200. The Morgan fingerprint density at radius 1 is 0.409 bits per heavy atom. The Kier molecular flexibility index (Phi) is 7.31.